The fraction of sp³-hybridized carbons (Fsp3) is 0.750. The molecule has 1 rings (SSSR count). The highest BCUT2D eigenvalue weighted by molar-refractivity contribution is 5.81. The van der Waals surface area contributed by atoms with Crippen LogP contribution in [0.2, 0.25) is 0 Å². The molecule has 1 aliphatic rings. The highest BCUT2D eigenvalue weighted by Crippen LogP contribution is 2.25. The summed E-state index contributed by atoms with van der Waals surface area (Å²) in [5.41, 5.74) is 4.29. The highest BCUT2D eigenvalue weighted by atomic mass is 16.5. The number of methoxy groups -OCH3 is 1. The normalized spacial score (nSPS) is 31.6. The zero-order chi connectivity index (χ0) is 10.9. The molecule has 2 atom stereocenters. The van der Waals surface area contributed by atoms with Crippen LogP contribution < -0.4 is 5.73 Å². The highest BCUT2D eigenvalue weighted by Gasteiger charge is 2.47. The number of nitrogens with two attached hydrogens (primary N) is 1. The van der Waals surface area contributed by atoms with E-state index in [0.29, 0.717) is 0 Å². The predicted octanol–water partition coefficient (Wildman–Crippen LogP) is -0.371. The van der Waals surface area contributed by atoms with Gasteiger partial charge in [-0.05, 0) is 13.3 Å². The van der Waals surface area contributed by atoms with Crippen LogP contribution in [-0.2, 0) is 9.53 Å². The summed E-state index contributed by atoms with van der Waals surface area (Å²) in [5, 5.41) is 8.86. The van der Waals surface area contributed by atoms with Crippen molar-refractivity contribution in [1.82, 2.24) is 4.90 Å². The Bertz CT molecular complexity index is 268. The van der Waals surface area contributed by atoms with Gasteiger partial charge >= 0.3 is 12.1 Å². The first-order chi connectivity index (χ1) is 6.40. The molecule has 1 amide bonds. The molecule has 6 nitrogen and oxygen atoms in total. The third-order valence-corrected chi connectivity index (χ3v) is 2.48. The summed E-state index contributed by atoms with van der Waals surface area (Å²) in [6.07, 6.45) is -0.289. The second-order valence-corrected chi connectivity index (χ2v) is 3.61. The molecule has 1 saturated heterocycles. The Labute approximate surface area is 81.6 Å². The number of carboxylic acid groups (broad SMARTS) is 1. The van der Waals surface area contributed by atoms with Crippen LogP contribution in [0.1, 0.15) is 13.3 Å². The van der Waals surface area contributed by atoms with Crippen LogP contribution in [0, 0.1) is 0 Å². The van der Waals surface area contributed by atoms with Gasteiger partial charge in [-0.2, -0.15) is 0 Å². The Balaban J connectivity index is 2.78. The lowest BCUT2D eigenvalue weighted by molar-refractivity contribution is -0.142. The minimum atomic E-state index is -1.34. The second-order valence-electron chi connectivity index (χ2n) is 3.61. The van der Waals surface area contributed by atoms with Crippen molar-refractivity contribution >= 4 is 12.1 Å². The van der Waals surface area contributed by atoms with Gasteiger partial charge in [-0.15, -0.1) is 0 Å². The number of aliphatic carboxylic acids is 1. The fourth-order valence-corrected chi connectivity index (χ4v) is 1.68. The van der Waals surface area contributed by atoms with Gasteiger partial charge in [0.05, 0.1) is 13.7 Å². The molecule has 1 fully saturated rings. The number of likely N-dealkylation sites (tertiary alicyclic amines) is 1. The Hall–Kier alpha value is -1.30. The summed E-state index contributed by atoms with van der Waals surface area (Å²) in [6, 6.07) is -0.205. The van der Waals surface area contributed by atoms with E-state index in [1.54, 1.807) is 6.92 Å². The first-order valence-electron chi connectivity index (χ1n) is 4.27. The molecule has 1 aliphatic heterocycles. The topological polar surface area (TPSA) is 92.9 Å². The minimum Gasteiger partial charge on any atom is -0.480 e. The number of hydrogen-bond donors (Lipinski definition) is 2. The Morgan fingerprint density at radius 1 is 1.64 bits per heavy atom. The van der Waals surface area contributed by atoms with Crippen LogP contribution in [0.5, 0.6) is 0 Å². The molecular formula is C8H14N2O4. The molecule has 0 radical (unpaired) electrons. The summed E-state index contributed by atoms with van der Waals surface area (Å²) in [4.78, 5) is 23.3. The van der Waals surface area contributed by atoms with Gasteiger partial charge in [-0.1, -0.05) is 0 Å². The van der Waals surface area contributed by atoms with E-state index in [1.165, 1.54) is 12.0 Å². The summed E-state index contributed by atoms with van der Waals surface area (Å²) in [5.74, 6) is -1.09. The standard InChI is InChI=1S/C8H14N2O4/c1-5-3-8(9,6(11)12)4-10(5)7(13)14-2/h5H,3-4,9H2,1-2H3,(H,11,12). The average Bonchev–Trinajstić information content (AvgIpc) is 2.42. The lowest BCUT2D eigenvalue weighted by Gasteiger charge is -2.20. The van der Waals surface area contributed by atoms with Gasteiger partial charge in [0.1, 0.15) is 5.54 Å². The first kappa shape index (κ1) is 10.8. The van der Waals surface area contributed by atoms with Crippen molar-refractivity contribution in [1.29, 1.82) is 0 Å². The van der Waals surface area contributed by atoms with E-state index in [0.717, 1.165) is 0 Å². The van der Waals surface area contributed by atoms with Gasteiger partial charge in [0.2, 0.25) is 0 Å². The quantitative estimate of drug-likeness (QED) is 0.605. The first-order valence-corrected chi connectivity index (χ1v) is 4.27. The monoisotopic (exact) mass is 202 g/mol. The number of carboxylic acids is 1. The van der Waals surface area contributed by atoms with Crippen LogP contribution in [0.15, 0.2) is 0 Å². The van der Waals surface area contributed by atoms with Crippen LogP contribution in [-0.4, -0.2) is 47.3 Å². The molecule has 6 heteroatoms. The third-order valence-electron chi connectivity index (χ3n) is 2.48. The predicted molar refractivity (Wildman–Crippen MR) is 47.7 cm³/mol. The van der Waals surface area contributed by atoms with Crippen molar-refractivity contribution < 1.29 is 19.4 Å². The zero-order valence-electron chi connectivity index (χ0n) is 8.19. The number of ether oxygens (including phenoxy) is 1. The van der Waals surface area contributed by atoms with E-state index in [2.05, 4.69) is 4.74 Å². The number of nitrogens with zero attached hydrogens (tertiary/aromatic N) is 1. The molecule has 0 saturated carbocycles. The van der Waals surface area contributed by atoms with Gasteiger partial charge in [0.15, 0.2) is 0 Å². The smallest absolute Gasteiger partial charge is 0.409 e. The number of rotatable bonds is 1. The van der Waals surface area contributed by atoms with Crippen LogP contribution in [0.25, 0.3) is 0 Å². The minimum absolute atomic E-state index is 0.00380. The largest absolute Gasteiger partial charge is 0.480 e. The Kier molecular flexibility index (Phi) is 2.66. The number of carbonyl (C=O) groups is 2. The lowest BCUT2D eigenvalue weighted by Crippen LogP contribution is -2.50. The summed E-state index contributed by atoms with van der Waals surface area (Å²) >= 11 is 0. The molecule has 1 heterocycles. The van der Waals surface area contributed by atoms with Gasteiger partial charge in [-0.25, -0.2) is 4.79 Å². The number of carbonyl (C=O) groups excluding carboxylic acids is 1. The van der Waals surface area contributed by atoms with E-state index in [9.17, 15) is 9.59 Å². The Morgan fingerprint density at radius 3 is 2.57 bits per heavy atom. The van der Waals surface area contributed by atoms with Crippen molar-refractivity contribution in [2.45, 2.75) is 24.9 Å². The van der Waals surface area contributed by atoms with Crippen LogP contribution in [0.4, 0.5) is 4.79 Å². The van der Waals surface area contributed by atoms with Gasteiger partial charge in [0.25, 0.3) is 0 Å². The molecule has 3 N–H and O–H groups in total. The van der Waals surface area contributed by atoms with Crippen molar-refractivity contribution in [2.75, 3.05) is 13.7 Å². The van der Waals surface area contributed by atoms with E-state index >= 15 is 0 Å². The maximum atomic E-state index is 11.2. The van der Waals surface area contributed by atoms with E-state index in [1.807, 2.05) is 0 Å². The summed E-state index contributed by atoms with van der Waals surface area (Å²) in [6.45, 7) is 1.74. The maximum Gasteiger partial charge on any atom is 0.409 e. The van der Waals surface area contributed by atoms with Crippen molar-refractivity contribution in [3.63, 3.8) is 0 Å². The van der Waals surface area contributed by atoms with Crippen molar-refractivity contribution in [2.24, 2.45) is 5.73 Å². The van der Waals surface area contributed by atoms with Crippen molar-refractivity contribution in [3.05, 3.63) is 0 Å². The van der Waals surface area contributed by atoms with Gasteiger partial charge < -0.3 is 20.5 Å². The molecule has 0 aromatic heterocycles. The molecule has 0 aromatic carbocycles. The Morgan fingerprint density at radius 2 is 2.21 bits per heavy atom. The lowest BCUT2D eigenvalue weighted by atomic mass is 9.98. The van der Waals surface area contributed by atoms with Crippen molar-refractivity contribution in [3.8, 4) is 0 Å². The molecule has 2 unspecified atom stereocenters. The molecule has 0 spiro atoms. The number of hydrogen-bond acceptors (Lipinski definition) is 4. The van der Waals surface area contributed by atoms with Gasteiger partial charge in [-0.3, -0.25) is 4.79 Å². The molecule has 0 aromatic rings. The second kappa shape index (κ2) is 3.45. The van der Waals surface area contributed by atoms with E-state index in [4.69, 9.17) is 10.8 Å². The molecule has 14 heavy (non-hydrogen) atoms. The van der Waals surface area contributed by atoms with Gasteiger partial charge in [0, 0.05) is 6.04 Å². The number of amides is 1. The molecule has 0 bridgehead atoms. The zero-order valence-corrected chi connectivity index (χ0v) is 8.19. The fourth-order valence-electron chi connectivity index (χ4n) is 1.68. The average molecular weight is 202 g/mol. The molecular weight excluding hydrogens is 188 g/mol. The summed E-state index contributed by atoms with van der Waals surface area (Å²) in [7, 11) is 1.26. The summed E-state index contributed by atoms with van der Waals surface area (Å²) < 4.78 is 4.52. The van der Waals surface area contributed by atoms with Crippen LogP contribution in [0.3, 0.4) is 0 Å². The van der Waals surface area contributed by atoms with E-state index in [-0.39, 0.29) is 19.0 Å². The third kappa shape index (κ3) is 1.65. The maximum absolute atomic E-state index is 11.2. The SMILES string of the molecule is COC(=O)N1CC(N)(C(=O)O)CC1C. The van der Waals surface area contributed by atoms with E-state index < -0.39 is 17.6 Å². The van der Waals surface area contributed by atoms with Crippen LogP contribution >= 0.6 is 0 Å². The molecule has 80 valence electrons. The molecule has 0 aliphatic carbocycles.